The highest BCUT2D eigenvalue weighted by Gasteiger charge is 2.17. The molecule has 0 unspecified atom stereocenters. The van der Waals surface area contributed by atoms with E-state index >= 15 is 0 Å². The number of halogens is 1. The van der Waals surface area contributed by atoms with E-state index < -0.39 is 11.9 Å². The summed E-state index contributed by atoms with van der Waals surface area (Å²) in [5.41, 5.74) is 0.505. The summed E-state index contributed by atoms with van der Waals surface area (Å²) in [6, 6.07) is 5.96. The quantitative estimate of drug-likeness (QED) is 0.838. The van der Waals surface area contributed by atoms with Crippen LogP contribution in [0, 0.1) is 17.1 Å². The number of benzene rings is 1. The van der Waals surface area contributed by atoms with Crippen molar-refractivity contribution in [3.63, 3.8) is 0 Å². The van der Waals surface area contributed by atoms with Gasteiger partial charge in [0.25, 0.3) is 0 Å². The highest BCUT2D eigenvalue weighted by molar-refractivity contribution is 5.84. The zero-order chi connectivity index (χ0) is 15.8. The van der Waals surface area contributed by atoms with Gasteiger partial charge in [0.15, 0.2) is 11.6 Å². The molecular formula is C15H20FN3O2. The van der Waals surface area contributed by atoms with Gasteiger partial charge >= 0.3 is 0 Å². The number of carbonyl (C=O) groups is 1. The molecule has 0 aromatic heterocycles. The van der Waals surface area contributed by atoms with Crippen LogP contribution in [-0.2, 0) is 4.79 Å². The second kappa shape index (κ2) is 8.10. The average molecular weight is 293 g/mol. The fourth-order valence-electron chi connectivity index (χ4n) is 1.83. The highest BCUT2D eigenvalue weighted by Crippen LogP contribution is 2.21. The lowest BCUT2D eigenvalue weighted by molar-refractivity contribution is -0.130. The summed E-state index contributed by atoms with van der Waals surface area (Å²) in [5.74, 6) is -0.438. The first-order valence-corrected chi connectivity index (χ1v) is 6.80. The van der Waals surface area contributed by atoms with Crippen molar-refractivity contribution in [1.29, 1.82) is 5.26 Å². The van der Waals surface area contributed by atoms with E-state index in [1.807, 2.05) is 6.07 Å². The van der Waals surface area contributed by atoms with E-state index in [4.69, 9.17) is 10.00 Å². The van der Waals surface area contributed by atoms with E-state index in [2.05, 4.69) is 5.32 Å². The van der Waals surface area contributed by atoms with Crippen LogP contribution in [0.3, 0.4) is 0 Å². The Labute approximate surface area is 124 Å². The zero-order valence-electron chi connectivity index (χ0n) is 12.5. The van der Waals surface area contributed by atoms with Gasteiger partial charge < -0.3 is 15.0 Å². The van der Waals surface area contributed by atoms with Gasteiger partial charge in [0.2, 0.25) is 5.91 Å². The van der Waals surface area contributed by atoms with Crippen molar-refractivity contribution >= 4 is 11.6 Å². The van der Waals surface area contributed by atoms with Crippen LogP contribution in [0.2, 0.25) is 0 Å². The van der Waals surface area contributed by atoms with Crippen molar-refractivity contribution in [2.24, 2.45) is 0 Å². The lowest BCUT2D eigenvalue weighted by atomic mass is 10.2. The summed E-state index contributed by atoms with van der Waals surface area (Å²) in [6.45, 7) is 4.24. The molecule has 0 bridgehead atoms. The van der Waals surface area contributed by atoms with Crippen LogP contribution < -0.4 is 10.1 Å². The van der Waals surface area contributed by atoms with Gasteiger partial charge in [-0.3, -0.25) is 4.79 Å². The third kappa shape index (κ3) is 4.95. The van der Waals surface area contributed by atoms with Gasteiger partial charge in [-0.15, -0.1) is 0 Å². The van der Waals surface area contributed by atoms with Gasteiger partial charge in [-0.05, 0) is 26.0 Å². The van der Waals surface area contributed by atoms with Gasteiger partial charge in [-0.25, -0.2) is 4.39 Å². The summed E-state index contributed by atoms with van der Waals surface area (Å²) in [6.07, 6.45) is 0.284. The number of anilines is 1. The number of hydrogen-bond donors (Lipinski definition) is 1. The summed E-state index contributed by atoms with van der Waals surface area (Å²) in [5, 5.41) is 11.5. The smallest absolute Gasteiger partial charge is 0.244 e. The Morgan fingerprint density at radius 1 is 1.57 bits per heavy atom. The van der Waals surface area contributed by atoms with E-state index in [1.165, 1.54) is 17.0 Å². The first kappa shape index (κ1) is 16.8. The number of nitrogens with one attached hydrogen (secondary N) is 1. The van der Waals surface area contributed by atoms with E-state index in [0.717, 1.165) is 0 Å². The van der Waals surface area contributed by atoms with E-state index in [9.17, 15) is 9.18 Å². The molecule has 0 saturated carbocycles. The molecule has 1 atom stereocenters. The molecule has 1 rings (SSSR count). The normalized spacial score (nSPS) is 11.4. The predicted octanol–water partition coefficient (Wildman–Crippen LogP) is 2.40. The van der Waals surface area contributed by atoms with Crippen LogP contribution in [0.25, 0.3) is 0 Å². The molecule has 0 saturated heterocycles. The Morgan fingerprint density at radius 2 is 2.29 bits per heavy atom. The minimum Gasteiger partial charge on any atom is -0.491 e. The molecule has 6 heteroatoms. The van der Waals surface area contributed by atoms with Crippen molar-refractivity contribution in [2.45, 2.75) is 26.3 Å². The maximum atomic E-state index is 13.7. The second-order valence-electron chi connectivity index (χ2n) is 4.61. The third-order valence-corrected chi connectivity index (χ3v) is 2.92. The Hall–Kier alpha value is -2.29. The number of ether oxygens (including phenoxy) is 1. The Morgan fingerprint density at radius 3 is 2.86 bits per heavy atom. The Bertz CT molecular complexity index is 528. The topological polar surface area (TPSA) is 65.4 Å². The van der Waals surface area contributed by atoms with Crippen LogP contribution in [0.4, 0.5) is 10.1 Å². The molecule has 0 spiro atoms. The molecule has 0 aliphatic rings. The number of likely N-dealkylation sites (N-methyl/N-ethyl adjacent to an activating group) is 1. The molecular weight excluding hydrogens is 273 g/mol. The van der Waals surface area contributed by atoms with Gasteiger partial charge in [0.1, 0.15) is 6.04 Å². The Balaban J connectivity index is 2.66. The van der Waals surface area contributed by atoms with Gasteiger partial charge in [0.05, 0.1) is 19.1 Å². The number of nitriles is 1. The molecule has 5 nitrogen and oxygen atoms in total. The zero-order valence-corrected chi connectivity index (χ0v) is 12.5. The van der Waals surface area contributed by atoms with Crippen LogP contribution in [0.5, 0.6) is 5.75 Å². The van der Waals surface area contributed by atoms with E-state index in [-0.39, 0.29) is 18.1 Å². The summed E-state index contributed by atoms with van der Waals surface area (Å²) in [4.78, 5) is 13.5. The van der Waals surface area contributed by atoms with Crippen LogP contribution in [0.1, 0.15) is 20.3 Å². The molecule has 114 valence electrons. The molecule has 0 heterocycles. The van der Waals surface area contributed by atoms with Crippen molar-refractivity contribution in [3.8, 4) is 11.8 Å². The van der Waals surface area contributed by atoms with E-state index in [0.29, 0.717) is 18.8 Å². The standard InChI is InChI=1S/C15H20FN3O2/c1-4-21-14-7-6-12(10-13(14)16)18-11(2)15(20)19(3)9-5-8-17/h6-7,10-11,18H,4-5,9H2,1-3H3/t11-/m0/s1. The van der Waals surface area contributed by atoms with Crippen molar-refractivity contribution in [2.75, 3.05) is 25.5 Å². The summed E-state index contributed by atoms with van der Waals surface area (Å²) >= 11 is 0. The monoisotopic (exact) mass is 293 g/mol. The fraction of sp³-hybridized carbons (Fsp3) is 0.467. The summed E-state index contributed by atoms with van der Waals surface area (Å²) in [7, 11) is 1.64. The van der Waals surface area contributed by atoms with Gasteiger partial charge in [-0.1, -0.05) is 0 Å². The maximum Gasteiger partial charge on any atom is 0.244 e. The molecule has 1 amide bonds. The molecule has 1 aromatic rings. The minimum absolute atomic E-state index is 0.153. The van der Waals surface area contributed by atoms with Crippen LogP contribution >= 0.6 is 0 Å². The number of rotatable bonds is 7. The van der Waals surface area contributed by atoms with Gasteiger partial charge in [0, 0.05) is 25.3 Å². The number of hydrogen-bond acceptors (Lipinski definition) is 4. The third-order valence-electron chi connectivity index (χ3n) is 2.92. The predicted molar refractivity (Wildman–Crippen MR) is 78.5 cm³/mol. The first-order valence-electron chi connectivity index (χ1n) is 6.80. The highest BCUT2D eigenvalue weighted by atomic mass is 19.1. The number of amides is 1. The lowest BCUT2D eigenvalue weighted by Crippen LogP contribution is -2.39. The fourth-order valence-corrected chi connectivity index (χ4v) is 1.83. The van der Waals surface area contributed by atoms with Crippen molar-refractivity contribution in [1.82, 2.24) is 4.90 Å². The van der Waals surface area contributed by atoms with Crippen molar-refractivity contribution < 1.29 is 13.9 Å². The largest absolute Gasteiger partial charge is 0.491 e. The molecule has 0 aliphatic carbocycles. The minimum atomic E-state index is -0.508. The summed E-state index contributed by atoms with van der Waals surface area (Å²) < 4.78 is 18.8. The molecule has 0 fully saturated rings. The Kier molecular flexibility index (Phi) is 6.47. The van der Waals surface area contributed by atoms with E-state index in [1.54, 1.807) is 27.0 Å². The number of nitrogens with zero attached hydrogens (tertiary/aromatic N) is 2. The average Bonchev–Trinajstić information content (AvgIpc) is 2.46. The molecule has 1 aromatic carbocycles. The number of carbonyl (C=O) groups excluding carboxylic acids is 1. The lowest BCUT2D eigenvalue weighted by Gasteiger charge is -2.22. The van der Waals surface area contributed by atoms with Crippen molar-refractivity contribution in [3.05, 3.63) is 24.0 Å². The molecule has 0 radical (unpaired) electrons. The molecule has 21 heavy (non-hydrogen) atoms. The SMILES string of the molecule is CCOc1ccc(N[C@@H](C)C(=O)N(C)CCC#N)cc1F. The first-order chi connectivity index (χ1) is 9.99. The van der Waals surface area contributed by atoms with Crippen LogP contribution in [-0.4, -0.2) is 37.0 Å². The second-order valence-corrected chi connectivity index (χ2v) is 4.61. The van der Waals surface area contributed by atoms with Crippen LogP contribution in [0.15, 0.2) is 18.2 Å². The molecule has 0 aliphatic heterocycles. The maximum absolute atomic E-state index is 13.7. The molecule has 1 N–H and O–H groups in total. The van der Waals surface area contributed by atoms with Gasteiger partial charge in [-0.2, -0.15) is 5.26 Å².